The number of hydrogen-bond acceptors (Lipinski definition) is 5. The largest absolute Gasteiger partial charge is 0.334 e. The molecule has 1 fully saturated rings. The van der Waals surface area contributed by atoms with E-state index in [9.17, 15) is 13.2 Å². The van der Waals surface area contributed by atoms with Crippen LogP contribution >= 0.6 is 0 Å². The van der Waals surface area contributed by atoms with Gasteiger partial charge in [0.05, 0.1) is 11.9 Å². The summed E-state index contributed by atoms with van der Waals surface area (Å²) in [4.78, 5) is 15.4. The number of urea groups is 1. The number of anilines is 2. The molecule has 2 aromatic rings. The van der Waals surface area contributed by atoms with Gasteiger partial charge in [-0.3, -0.25) is 4.68 Å². The zero-order valence-electron chi connectivity index (χ0n) is 21.0. The molecule has 0 spiro atoms. The average molecular weight is 510 g/mol. The fraction of sp³-hybridized carbons (Fsp3) is 0.583. The van der Waals surface area contributed by atoms with Crippen molar-refractivity contribution in [3.63, 3.8) is 0 Å². The second-order valence-electron chi connectivity index (χ2n) is 9.63. The average Bonchev–Trinajstić information content (AvgIpc) is 3.55. The van der Waals surface area contributed by atoms with Gasteiger partial charge >= 0.3 is 16.2 Å². The van der Waals surface area contributed by atoms with Crippen molar-refractivity contribution in [2.75, 3.05) is 29.3 Å². The third kappa shape index (κ3) is 5.41. The van der Waals surface area contributed by atoms with Gasteiger partial charge in [0.1, 0.15) is 0 Å². The monoisotopic (exact) mass is 509 g/mol. The maximum Gasteiger partial charge on any atom is 0.334 e. The van der Waals surface area contributed by atoms with Gasteiger partial charge in [-0.05, 0) is 80.2 Å². The number of amides is 2. The Morgan fingerprint density at radius 3 is 2.29 bits per heavy atom. The SMILES string of the molecule is CCN1CCC(N(c2cnn(C)c2)S(=O)(=O)NC(=O)Nc2c3c(cc4c2CCC4)CCC3)CC1.[Na]. The number of likely N-dealkylation sites (tertiary alicyclic amines) is 1. The molecule has 1 aromatic heterocycles. The summed E-state index contributed by atoms with van der Waals surface area (Å²) in [6, 6.07) is 1.36. The molecule has 1 aliphatic heterocycles. The second kappa shape index (κ2) is 10.8. The van der Waals surface area contributed by atoms with Crippen LogP contribution in [0.5, 0.6) is 0 Å². The second-order valence-corrected chi connectivity index (χ2v) is 11.2. The summed E-state index contributed by atoms with van der Waals surface area (Å²) >= 11 is 0. The van der Waals surface area contributed by atoms with Crippen LogP contribution in [-0.2, 0) is 42.9 Å². The number of benzene rings is 1. The molecule has 2 aliphatic carbocycles. The minimum Gasteiger partial charge on any atom is -0.307 e. The van der Waals surface area contributed by atoms with Crippen LogP contribution in [0.15, 0.2) is 18.5 Å². The Morgan fingerprint density at radius 2 is 1.74 bits per heavy atom. The maximum absolute atomic E-state index is 13.6. The van der Waals surface area contributed by atoms with E-state index in [1.807, 2.05) is 0 Å². The number of hydrogen-bond donors (Lipinski definition) is 2. The minimum atomic E-state index is -4.13. The number of carbonyl (C=O) groups is 1. The summed E-state index contributed by atoms with van der Waals surface area (Å²) in [6.45, 7) is 4.70. The predicted molar refractivity (Wildman–Crippen MR) is 138 cm³/mol. The van der Waals surface area contributed by atoms with Gasteiger partial charge in [0.2, 0.25) is 0 Å². The van der Waals surface area contributed by atoms with E-state index in [0.717, 1.165) is 63.8 Å². The van der Waals surface area contributed by atoms with E-state index in [4.69, 9.17) is 0 Å². The Balaban J connectivity index is 0.00000289. The van der Waals surface area contributed by atoms with E-state index >= 15 is 0 Å². The summed E-state index contributed by atoms with van der Waals surface area (Å²) in [5.74, 6) is 0. The molecule has 0 unspecified atom stereocenters. The van der Waals surface area contributed by atoms with Crippen LogP contribution in [0.4, 0.5) is 16.2 Å². The van der Waals surface area contributed by atoms with Crippen molar-refractivity contribution in [3.8, 4) is 0 Å². The van der Waals surface area contributed by atoms with E-state index in [-0.39, 0.29) is 35.6 Å². The molecule has 0 saturated carbocycles. The number of piperidine rings is 1. The molecular formula is C24H34N6NaO3S. The molecule has 1 radical (unpaired) electrons. The summed E-state index contributed by atoms with van der Waals surface area (Å²) in [6.07, 6.45) is 10.6. The number of aryl methyl sites for hydroxylation is 3. The van der Waals surface area contributed by atoms with Crippen LogP contribution in [-0.4, -0.2) is 84.4 Å². The van der Waals surface area contributed by atoms with E-state index in [1.165, 1.54) is 26.6 Å². The smallest absolute Gasteiger partial charge is 0.307 e. The number of nitrogens with zero attached hydrogens (tertiary/aromatic N) is 4. The van der Waals surface area contributed by atoms with Crippen LogP contribution in [0.1, 0.15) is 54.9 Å². The van der Waals surface area contributed by atoms with Gasteiger partial charge in [0.25, 0.3) is 0 Å². The zero-order chi connectivity index (χ0) is 23.9. The first kappa shape index (κ1) is 26.5. The van der Waals surface area contributed by atoms with Crippen molar-refractivity contribution in [1.29, 1.82) is 0 Å². The van der Waals surface area contributed by atoms with Crippen LogP contribution in [0.25, 0.3) is 0 Å². The molecule has 5 rings (SSSR count). The zero-order valence-corrected chi connectivity index (χ0v) is 23.8. The standard InChI is InChI=1S/C24H34N6O3S.Na/c1-3-29-12-10-19(11-13-29)30(20-15-25-28(2)16-20)34(32,33)27-24(31)26-23-21-8-4-6-17(21)14-18-7-5-9-22(18)23;/h14-16,19H,3-13H2,1-2H3,(H2,26,27,31);. The molecule has 0 atom stereocenters. The van der Waals surface area contributed by atoms with Crippen molar-refractivity contribution in [2.24, 2.45) is 7.05 Å². The van der Waals surface area contributed by atoms with Crippen LogP contribution in [0.3, 0.4) is 0 Å². The minimum absolute atomic E-state index is 0. The van der Waals surface area contributed by atoms with E-state index in [0.29, 0.717) is 18.5 Å². The van der Waals surface area contributed by atoms with Gasteiger partial charge in [0.15, 0.2) is 0 Å². The van der Waals surface area contributed by atoms with Crippen LogP contribution in [0, 0.1) is 0 Å². The van der Waals surface area contributed by atoms with Gasteiger partial charge in [-0.15, -0.1) is 0 Å². The molecular weight excluding hydrogens is 475 g/mol. The van der Waals surface area contributed by atoms with Gasteiger partial charge in [-0.1, -0.05) is 13.0 Å². The molecule has 0 bridgehead atoms. The first-order chi connectivity index (χ1) is 16.4. The van der Waals surface area contributed by atoms with E-state index in [2.05, 4.69) is 33.0 Å². The van der Waals surface area contributed by atoms with Crippen molar-refractivity contribution in [2.45, 2.75) is 64.3 Å². The molecule has 1 saturated heterocycles. The third-order valence-corrected chi connectivity index (χ3v) is 8.94. The van der Waals surface area contributed by atoms with Gasteiger partial charge in [-0.2, -0.15) is 13.5 Å². The Morgan fingerprint density at radius 1 is 1.11 bits per heavy atom. The normalized spacial score (nSPS) is 18.0. The van der Waals surface area contributed by atoms with Gasteiger partial charge < -0.3 is 10.2 Å². The topological polar surface area (TPSA) is 99.6 Å². The van der Waals surface area contributed by atoms with Crippen molar-refractivity contribution in [3.05, 3.63) is 40.7 Å². The van der Waals surface area contributed by atoms with Crippen molar-refractivity contribution >= 4 is 57.2 Å². The summed E-state index contributed by atoms with van der Waals surface area (Å²) in [7, 11) is -2.38. The molecule has 2 N–H and O–H groups in total. The Bertz CT molecular complexity index is 1160. The molecule has 11 heteroatoms. The number of fused-ring (bicyclic) bond motifs is 2. The first-order valence-corrected chi connectivity index (χ1v) is 13.8. The summed E-state index contributed by atoms with van der Waals surface area (Å²) < 4.78 is 32.4. The number of nitrogens with one attached hydrogen (secondary N) is 2. The summed E-state index contributed by atoms with van der Waals surface area (Å²) in [5.41, 5.74) is 6.23. The third-order valence-electron chi connectivity index (χ3n) is 7.47. The molecule has 2 heterocycles. The molecule has 185 valence electrons. The van der Waals surface area contributed by atoms with Gasteiger partial charge in [-0.25, -0.2) is 13.8 Å². The first-order valence-electron chi connectivity index (χ1n) is 12.4. The molecule has 35 heavy (non-hydrogen) atoms. The Hall–Kier alpha value is -1.59. The number of aromatic nitrogens is 2. The fourth-order valence-corrected chi connectivity index (χ4v) is 7.17. The number of carbonyl (C=O) groups excluding carboxylic acids is 1. The van der Waals surface area contributed by atoms with E-state index in [1.54, 1.807) is 24.1 Å². The quantitative estimate of drug-likeness (QED) is 0.583. The summed E-state index contributed by atoms with van der Waals surface area (Å²) in [5, 5.41) is 7.12. The van der Waals surface area contributed by atoms with Crippen LogP contribution in [0.2, 0.25) is 0 Å². The predicted octanol–water partition coefficient (Wildman–Crippen LogP) is 2.37. The fourth-order valence-electron chi connectivity index (χ4n) is 5.81. The van der Waals surface area contributed by atoms with Crippen LogP contribution < -0.4 is 14.3 Å². The number of rotatable bonds is 6. The Labute approximate surface area is 230 Å². The Kier molecular flexibility index (Phi) is 8.17. The van der Waals surface area contributed by atoms with E-state index < -0.39 is 16.2 Å². The molecule has 9 nitrogen and oxygen atoms in total. The molecule has 1 aromatic carbocycles. The maximum atomic E-state index is 13.6. The molecule has 3 aliphatic rings. The van der Waals surface area contributed by atoms with Crippen molar-refractivity contribution in [1.82, 2.24) is 19.4 Å². The van der Waals surface area contributed by atoms with Crippen molar-refractivity contribution < 1.29 is 13.2 Å². The molecule has 2 amide bonds. The van der Waals surface area contributed by atoms with Gasteiger partial charge in [0, 0.05) is 67.6 Å².